The van der Waals surface area contributed by atoms with Crippen LogP contribution >= 0.6 is 11.6 Å². The normalized spacial score (nSPS) is 15.8. The minimum atomic E-state index is -0.849. The summed E-state index contributed by atoms with van der Waals surface area (Å²) in [7, 11) is 0. The first-order chi connectivity index (χ1) is 14.3. The van der Waals surface area contributed by atoms with Gasteiger partial charge in [-0.3, -0.25) is 14.5 Å². The van der Waals surface area contributed by atoms with Crippen LogP contribution in [0.4, 0.5) is 10.2 Å². The molecule has 1 amide bonds. The van der Waals surface area contributed by atoms with E-state index in [1.165, 1.54) is 35.2 Å². The topological polar surface area (TPSA) is 76.6 Å². The zero-order valence-electron chi connectivity index (χ0n) is 15.9. The third-order valence-corrected chi connectivity index (χ3v) is 5.61. The van der Waals surface area contributed by atoms with Gasteiger partial charge in [0.15, 0.2) is 11.2 Å². The Bertz CT molecular complexity index is 1390. The summed E-state index contributed by atoms with van der Waals surface area (Å²) in [6.07, 6.45) is 0. The highest BCUT2D eigenvalue weighted by atomic mass is 35.5. The van der Waals surface area contributed by atoms with Gasteiger partial charge in [0.1, 0.15) is 17.2 Å². The van der Waals surface area contributed by atoms with Crippen LogP contribution in [0.1, 0.15) is 39.0 Å². The minimum absolute atomic E-state index is 0.0794. The van der Waals surface area contributed by atoms with Gasteiger partial charge in [0.2, 0.25) is 5.76 Å². The van der Waals surface area contributed by atoms with Crippen molar-refractivity contribution in [3.63, 3.8) is 0 Å². The lowest BCUT2D eigenvalue weighted by Crippen LogP contribution is -2.29. The van der Waals surface area contributed by atoms with E-state index in [0.29, 0.717) is 16.3 Å². The third-order valence-electron chi connectivity index (χ3n) is 5.20. The molecule has 1 aliphatic heterocycles. The Morgan fingerprint density at radius 2 is 1.83 bits per heavy atom. The molecule has 5 rings (SSSR count). The van der Waals surface area contributed by atoms with Gasteiger partial charge in [-0.05, 0) is 49.2 Å². The summed E-state index contributed by atoms with van der Waals surface area (Å²) >= 11 is 6.22. The summed E-state index contributed by atoms with van der Waals surface area (Å²) in [6.45, 7) is 3.47. The molecule has 2 aromatic carbocycles. The second-order valence-corrected chi connectivity index (χ2v) is 7.60. The van der Waals surface area contributed by atoms with Crippen LogP contribution in [0, 0.1) is 19.7 Å². The largest absolute Gasteiger partial charge is 0.450 e. The van der Waals surface area contributed by atoms with Gasteiger partial charge in [0.05, 0.1) is 17.0 Å². The number of hydrogen-bond donors (Lipinski definition) is 0. The highest BCUT2D eigenvalue weighted by Gasteiger charge is 2.44. The Morgan fingerprint density at radius 1 is 1.10 bits per heavy atom. The molecular formula is C22H14ClFN2O4. The predicted molar refractivity (Wildman–Crippen MR) is 109 cm³/mol. The molecule has 6 nitrogen and oxygen atoms in total. The summed E-state index contributed by atoms with van der Waals surface area (Å²) in [5.41, 5.74) is 1.30. The molecule has 1 atom stereocenters. The average molecular weight is 425 g/mol. The van der Waals surface area contributed by atoms with Crippen molar-refractivity contribution in [2.75, 3.05) is 4.90 Å². The lowest BCUT2D eigenvalue weighted by Gasteiger charge is -2.22. The summed E-state index contributed by atoms with van der Waals surface area (Å²) in [6, 6.07) is 9.49. The molecule has 0 spiro atoms. The van der Waals surface area contributed by atoms with E-state index in [1.54, 1.807) is 26.0 Å². The zero-order chi connectivity index (χ0) is 21.2. The van der Waals surface area contributed by atoms with Gasteiger partial charge in [-0.15, -0.1) is 0 Å². The van der Waals surface area contributed by atoms with Crippen LogP contribution in [0.2, 0.25) is 5.02 Å². The van der Waals surface area contributed by atoms with Gasteiger partial charge in [0, 0.05) is 11.1 Å². The van der Waals surface area contributed by atoms with Crippen molar-refractivity contribution in [2.24, 2.45) is 0 Å². The highest BCUT2D eigenvalue weighted by Crippen LogP contribution is 2.41. The maximum absolute atomic E-state index is 13.5. The number of hydrogen-bond acceptors (Lipinski definition) is 5. The molecule has 8 heteroatoms. The Morgan fingerprint density at radius 3 is 2.50 bits per heavy atom. The van der Waals surface area contributed by atoms with Crippen molar-refractivity contribution in [3.05, 3.63) is 91.7 Å². The third kappa shape index (κ3) is 2.66. The molecule has 4 aromatic rings. The van der Waals surface area contributed by atoms with Gasteiger partial charge >= 0.3 is 0 Å². The first-order valence-corrected chi connectivity index (χ1v) is 9.52. The number of halogens is 2. The fourth-order valence-electron chi connectivity index (χ4n) is 3.76. The SMILES string of the molecule is Cc1cc(N2C(=O)c3oc4cc(C)c(Cl)cc4c(=O)c3[C@@H]2c2ccc(F)cc2)no1. The van der Waals surface area contributed by atoms with Crippen molar-refractivity contribution in [1.82, 2.24) is 5.16 Å². The van der Waals surface area contributed by atoms with Gasteiger partial charge in [-0.1, -0.05) is 28.9 Å². The number of amides is 1. The smallest absolute Gasteiger partial charge is 0.296 e. The number of anilines is 1. The molecule has 0 saturated heterocycles. The van der Waals surface area contributed by atoms with Crippen LogP contribution in [0.25, 0.3) is 11.0 Å². The molecule has 0 aliphatic carbocycles. The molecule has 0 radical (unpaired) electrons. The summed E-state index contributed by atoms with van der Waals surface area (Å²) in [4.78, 5) is 28.1. The van der Waals surface area contributed by atoms with Crippen molar-refractivity contribution < 1.29 is 18.1 Å². The van der Waals surface area contributed by atoms with Gasteiger partial charge < -0.3 is 8.94 Å². The Hall–Kier alpha value is -3.45. The summed E-state index contributed by atoms with van der Waals surface area (Å²) in [5, 5.41) is 4.63. The molecule has 2 aromatic heterocycles. The maximum atomic E-state index is 13.5. The average Bonchev–Trinajstić information content (AvgIpc) is 3.26. The molecule has 0 fully saturated rings. The Kier molecular flexibility index (Phi) is 4.04. The molecule has 0 N–H and O–H groups in total. The van der Waals surface area contributed by atoms with Gasteiger partial charge in [-0.25, -0.2) is 4.39 Å². The number of fused-ring (bicyclic) bond motifs is 2. The van der Waals surface area contributed by atoms with Crippen LogP contribution in [0.5, 0.6) is 0 Å². The number of nitrogens with zero attached hydrogens (tertiary/aromatic N) is 2. The highest BCUT2D eigenvalue weighted by molar-refractivity contribution is 6.32. The number of rotatable bonds is 2. The van der Waals surface area contributed by atoms with Crippen molar-refractivity contribution in [3.8, 4) is 0 Å². The van der Waals surface area contributed by atoms with Crippen molar-refractivity contribution >= 4 is 34.3 Å². The molecule has 1 aliphatic rings. The lowest BCUT2D eigenvalue weighted by atomic mass is 9.98. The Labute approximate surface area is 174 Å². The number of aromatic nitrogens is 1. The van der Waals surface area contributed by atoms with Crippen LogP contribution in [0.3, 0.4) is 0 Å². The molecule has 150 valence electrons. The lowest BCUT2D eigenvalue weighted by molar-refractivity contribution is 0.0969. The first-order valence-electron chi connectivity index (χ1n) is 9.14. The standard InChI is InChI=1S/C22H14ClFN2O4/c1-10-7-16-14(9-15(10)23)20(27)18-19(12-3-5-13(24)6-4-12)26(22(28)21(18)29-16)17-8-11(2)30-25-17/h3-9,19H,1-2H3/t19-/m0/s1. The van der Waals surface area contributed by atoms with E-state index in [0.717, 1.165) is 5.56 Å². The fraction of sp³-hybridized carbons (Fsp3) is 0.136. The van der Waals surface area contributed by atoms with E-state index in [1.807, 2.05) is 0 Å². The van der Waals surface area contributed by atoms with Crippen LogP contribution in [-0.2, 0) is 0 Å². The summed E-state index contributed by atoms with van der Waals surface area (Å²) in [5.74, 6) is -0.308. The van der Waals surface area contributed by atoms with E-state index >= 15 is 0 Å². The molecule has 0 unspecified atom stereocenters. The van der Waals surface area contributed by atoms with Crippen molar-refractivity contribution in [2.45, 2.75) is 19.9 Å². The minimum Gasteiger partial charge on any atom is -0.450 e. The Balaban J connectivity index is 1.83. The number of benzene rings is 2. The van der Waals surface area contributed by atoms with Gasteiger partial charge in [0.25, 0.3) is 5.91 Å². The van der Waals surface area contributed by atoms with E-state index in [-0.39, 0.29) is 33.5 Å². The second-order valence-electron chi connectivity index (χ2n) is 7.20. The van der Waals surface area contributed by atoms with Crippen LogP contribution < -0.4 is 10.3 Å². The quantitative estimate of drug-likeness (QED) is 0.455. The number of carbonyl (C=O) groups excluding carboxylic acids is 1. The predicted octanol–water partition coefficient (Wildman–Crippen LogP) is 4.94. The van der Waals surface area contributed by atoms with E-state index < -0.39 is 17.8 Å². The monoisotopic (exact) mass is 424 g/mol. The molecule has 3 heterocycles. The summed E-state index contributed by atoms with van der Waals surface area (Å²) < 4.78 is 24.6. The molecule has 0 saturated carbocycles. The zero-order valence-corrected chi connectivity index (χ0v) is 16.7. The first kappa shape index (κ1) is 18.6. The second kappa shape index (κ2) is 6.53. The van der Waals surface area contributed by atoms with Crippen LogP contribution in [-0.4, -0.2) is 11.1 Å². The maximum Gasteiger partial charge on any atom is 0.296 e. The van der Waals surface area contributed by atoms with E-state index in [9.17, 15) is 14.0 Å². The van der Waals surface area contributed by atoms with E-state index in [2.05, 4.69) is 5.16 Å². The van der Waals surface area contributed by atoms with Crippen molar-refractivity contribution in [1.29, 1.82) is 0 Å². The molecular weight excluding hydrogens is 411 g/mol. The van der Waals surface area contributed by atoms with Crippen LogP contribution in [0.15, 0.2) is 56.2 Å². The fourth-order valence-corrected chi connectivity index (χ4v) is 3.92. The number of aryl methyl sites for hydroxylation is 2. The number of carbonyl (C=O) groups is 1. The van der Waals surface area contributed by atoms with Gasteiger partial charge in [-0.2, -0.15) is 0 Å². The molecule has 0 bridgehead atoms. The molecule has 30 heavy (non-hydrogen) atoms. The van der Waals surface area contributed by atoms with E-state index in [4.69, 9.17) is 20.5 Å².